The maximum Gasteiger partial charge on any atom is 0.322 e. The van der Waals surface area contributed by atoms with Gasteiger partial charge < -0.3 is 4.74 Å². The quantitative estimate of drug-likeness (QED) is 0.458. The molecule has 74 valence electrons. The Morgan fingerprint density at radius 1 is 1.46 bits per heavy atom. The second kappa shape index (κ2) is 6.43. The number of ether oxygens (including phenoxy) is 1. The smallest absolute Gasteiger partial charge is 0.322 e. The van der Waals surface area contributed by atoms with Crippen molar-refractivity contribution in [3.63, 3.8) is 0 Å². The van der Waals surface area contributed by atoms with Gasteiger partial charge in [0.25, 0.3) is 0 Å². The summed E-state index contributed by atoms with van der Waals surface area (Å²) in [6.07, 6.45) is 3.51. The van der Waals surface area contributed by atoms with Crippen molar-refractivity contribution in [2.45, 2.75) is 13.0 Å². The molecule has 0 saturated heterocycles. The number of esters is 1. The van der Waals surface area contributed by atoms with Gasteiger partial charge >= 0.3 is 5.97 Å². The molecule has 0 bridgehead atoms. The summed E-state index contributed by atoms with van der Waals surface area (Å²) in [5.74, 6) is -0.233. The van der Waals surface area contributed by atoms with Gasteiger partial charge in [0.2, 0.25) is 0 Å². The summed E-state index contributed by atoms with van der Waals surface area (Å²) in [5, 5.41) is 0. The Labute approximate surface area is 79.7 Å². The summed E-state index contributed by atoms with van der Waals surface area (Å²) in [6.45, 7) is 10.4. The largest absolute Gasteiger partial charge is 0.468 e. The predicted octanol–water partition coefficient (Wildman–Crippen LogP) is 1.22. The number of nitrogens with zero attached hydrogens (tertiary/aromatic N) is 1. The highest BCUT2D eigenvalue weighted by molar-refractivity contribution is 5.75. The molecule has 0 spiro atoms. The molecule has 0 amide bonds. The lowest BCUT2D eigenvalue weighted by Gasteiger charge is -2.24. The molecular weight excluding hydrogens is 166 g/mol. The van der Waals surface area contributed by atoms with Crippen LogP contribution in [-0.4, -0.2) is 37.1 Å². The molecule has 0 radical (unpaired) electrons. The highest BCUT2D eigenvalue weighted by atomic mass is 16.5. The molecule has 0 saturated carbocycles. The van der Waals surface area contributed by atoms with Gasteiger partial charge in [-0.2, -0.15) is 0 Å². The Morgan fingerprint density at radius 2 is 1.92 bits per heavy atom. The zero-order valence-electron chi connectivity index (χ0n) is 8.32. The van der Waals surface area contributed by atoms with Crippen LogP contribution in [0.1, 0.15) is 6.92 Å². The minimum atomic E-state index is -0.249. The molecule has 3 heteroatoms. The van der Waals surface area contributed by atoms with Gasteiger partial charge in [0.05, 0.1) is 7.11 Å². The van der Waals surface area contributed by atoms with Crippen LogP contribution >= 0.6 is 0 Å². The Hall–Kier alpha value is -1.09. The highest BCUT2D eigenvalue weighted by Crippen LogP contribution is 2.01. The first-order valence-electron chi connectivity index (χ1n) is 4.21. The third kappa shape index (κ3) is 3.90. The van der Waals surface area contributed by atoms with Gasteiger partial charge in [0.1, 0.15) is 6.04 Å². The first-order chi connectivity index (χ1) is 6.17. The fourth-order valence-corrected chi connectivity index (χ4v) is 1.04. The van der Waals surface area contributed by atoms with E-state index in [2.05, 4.69) is 17.9 Å². The average molecular weight is 183 g/mol. The number of hydrogen-bond donors (Lipinski definition) is 0. The van der Waals surface area contributed by atoms with E-state index in [9.17, 15) is 4.79 Å². The summed E-state index contributed by atoms with van der Waals surface area (Å²) in [4.78, 5) is 13.1. The molecule has 0 aliphatic heterocycles. The van der Waals surface area contributed by atoms with Gasteiger partial charge in [-0.1, -0.05) is 12.2 Å². The predicted molar refractivity (Wildman–Crippen MR) is 53.4 cm³/mol. The minimum Gasteiger partial charge on any atom is -0.468 e. The molecule has 0 rings (SSSR count). The first kappa shape index (κ1) is 11.9. The molecule has 13 heavy (non-hydrogen) atoms. The van der Waals surface area contributed by atoms with Gasteiger partial charge in [-0.25, -0.2) is 0 Å². The zero-order valence-corrected chi connectivity index (χ0v) is 8.32. The highest BCUT2D eigenvalue weighted by Gasteiger charge is 2.19. The van der Waals surface area contributed by atoms with E-state index in [1.54, 1.807) is 19.1 Å². The van der Waals surface area contributed by atoms with Crippen LogP contribution in [0.3, 0.4) is 0 Å². The first-order valence-corrected chi connectivity index (χ1v) is 4.21. The molecule has 3 nitrogen and oxygen atoms in total. The zero-order chi connectivity index (χ0) is 10.3. The van der Waals surface area contributed by atoms with Crippen LogP contribution in [0.4, 0.5) is 0 Å². The summed E-state index contributed by atoms with van der Waals surface area (Å²) in [6, 6.07) is -0.249. The summed E-state index contributed by atoms with van der Waals surface area (Å²) >= 11 is 0. The van der Waals surface area contributed by atoms with Gasteiger partial charge in [0, 0.05) is 13.1 Å². The molecule has 0 fully saturated rings. The van der Waals surface area contributed by atoms with Crippen molar-refractivity contribution in [3.05, 3.63) is 25.3 Å². The van der Waals surface area contributed by atoms with Crippen molar-refractivity contribution in [2.24, 2.45) is 0 Å². The standard InChI is InChI=1S/C10H17NO2/c1-5-7-11(8-6-2)9(3)10(12)13-4/h5-6,9H,1-2,7-8H2,3-4H3. The summed E-state index contributed by atoms with van der Waals surface area (Å²) in [7, 11) is 1.39. The molecule has 1 atom stereocenters. The van der Waals surface area contributed by atoms with Gasteiger partial charge in [-0.05, 0) is 6.92 Å². The van der Waals surface area contributed by atoms with E-state index in [0.29, 0.717) is 13.1 Å². The van der Waals surface area contributed by atoms with Crippen LogP contribution < -0.4 is 0 Å². The van der Waals surface area contributed by atoms with Crippen molar-refractivity contribution in [3.8, 4) is 0 Å². The molecular formula is C10H17NO2. The summed E-state index contributed by atoms with van der Waals surface area (Å²) < 4.78 is 4.64. The van der Waals surface area contributed by atoms with E-state index in [0.717, 1.165) is 0 Å². The Balaban J connectivity index is 4.24. The fraction of sp³-hybridized carbons (Fsp3) is 0.500. The number of hydrogen-bond acceptors (Lipinski definition) is 3. The van der Waals surface area contributed by atoms with Crippen LogP contribution in [-0.2, 0) is 9.53 Å². The Morgan fingerprint density at radius 3 is 2.23 bits per heavy atom. The molecule has 0 aliphatic carbocycles. The normalized spacial score (nSPS) is 12.2. The lowest BCUT2D eigenvalue weighted by molar-refractivity contribution is -0.145. The molecule has 0 aliphatic rings. The second-order valence-corrected chi connectivity index (χ2v) is 2.73. The second-order valence-electron chi connectivity index (χ2n) is 2.73. The van der Waals surface area contributed by atoms with Gasteiger partial charge in [-0.15, -0.1) is 13.2 Å². The topological polar surface area (TPSA) is 29.5 Å². The van der Waals surface area contributed by atoms with E-state index >= 15 is 0 Å². The van der Waals surface area contributed by atoms with Crippen molar-refractivity contribution in [2.75, 3.05) is 20.2 Å². The number of methoxy groups -OCH3 is 1. The average Bonchev–Trinajstić information content (AvgIpc) is 2.15. The van der Waals surface area contributed by atoms with Crippen LogP contribution in [0.2, 0.25) is 0 Å². The minimum absolute atomic E-state index is 0.233. The van der Waals surface area contributed by atoms with Gasteiger partial charge in [-0.3, -0.25) is 9.69 Å². The third-order valence-corrected chi connectivity index (χ3v) is 1.82. The van der Waals surface area contributed by atoms with Crippen LogP contribution in [0.5, 0.6) is 0 Å². The van der Waals surface area contributed by atoms with E-state index < -0.39 is 0 Å². The maximum absolute atomic E-state index is 11.2. The Bertz CT molecular complexity index is 179. The molecule has 0 aromatic carbocycles. The Kier molecular flexibility index (Phi) is 5.89. The number of rotatable bonds is 6. The lowest BCUT2D eigenvalue weighted by atomic mass is 10.2. The molecule has 1 unspecified atom stereocenters. The monoisotopic (exact) mass is 183 g/mol. The number of carbonyl (C=O) groups is 1. The molecule has 0 aromatic heterocycles. The van der Waals surface area contributed by atoms with E-state index in [1.165, 1.54) is 7.11 Å². The van der Waals surface area contributed by atoms with Crippen molar-refractivity contribution >= 4 is 5.97 Å². The van der Waals surface area contributed by atoms with Crippen molar-refractivity contribution < 1.29 is 9.53 Å². The molecule has 0 N–H and O–H groups in total. The van der Waals surface area contributed by atoms with Crippen LogP contribution in [0.15, 0.2) is 25.3 Å². The van der Waals surface area contributed by atoms with Crippen LogP contribution in [0, 0.1) is 0 Å². The SMILES string of the molecule is C=CCN(CC=C)C(C)C(=O)OC. The van der Waals surface area contributed by atoms with E-state index in [-0.39, 0.29) is 12.0 Å². The van der Waals surface area contributed by atoms with Crippen molar-refractivity contribution in [1.82, 2.24) is 4.90 Å². The van der Waals surface area contributed by atoms with E-state index in [1.807, 2.05) is 4.90 Å². The van der Waals surface area contributed by atoms with Gasteiger partial charge in [0.15, 0.2) is 0 Å². The third-order valence-electron chi connectivity index (χ3n) is 1.82. The lowest BCUT2D eigenvalue weighted by Crippen LogP contribution is -2.39. The summed E-state index contributed by atoms with van der Waals surface area (Å²) in [5.41, 5.74) is 0. The molecule has 0 aromatic rings. The fourth-order valence-electron chi connectivity index (χ4n) is 1.04. The van der Waals surface area contributed by atoms with E-state index in [4.69, 9.17) is 0 Å². The molecule has 0 heterocycles. The maximum atomic E-state index is 11.2. The van der Waals surface area contributed by atoms with Crippen molar-refractivity contribution in [1.29, 1.82) is 0 Å². The number of carbonyl (C=O) groups excluding carboxylic acids is 1. The van der Waals surface area contributed by atoms with Crippen LogP contribution in [0.25, 0.3) is 0 Å².